The Morgan fingerprint density at radius 1 is 1.08 bits per heavy atom. The Bertz CT molecular complexity index is 839. The molecule has 0 radical (unpaired) electrons. The van der Waals surface area contributed by atoms with Crippen LogP contribution in [-0.4, -0.2) is 36.1 Å². The van der Waals surface area contributed by atoms with Crippen molar-refractivity contribution < 1.29 is 14.2 Å². The van der Waals surface area contributed by atoms with E-state index in [1.165, 1.54) is 6.42 Å². The minimum Gasteiger partial charge on any atom is -0.493 e. The third kappa shape index (κ3) is 3.36. The summed E-state index contributed by atoms with van der Waals surface area (Å²) in [5, 5.41) is 18.2. The molecule has 0 saturated carbocycles. The average molecular weight is 354 g/mol. The van der Waals surface area contributed by atoms with Gasteiger partial charge in [-0.2, -0.15) is 5.26 Å². The Labute approximate surface area is 152 Å². The first-order chi connectivity index (χ1) is 12.7. The van der Waals surface area contributed by atoms with Gasteiger partial charge >= 0.3 is 0 Å². The fourth-order valence-corrected chi connectivity index (χ4v) is 3.18. The predicted molar refractivity (Wildman–Crippen MR) is 97.2 cm³/mol. The van der Waals surface area contributed by atoms with Gasteiger partial charge in [0.05, 0.1) is 26.9 Å². The van der Waals surface area contributed by atoms with Gasteiger partial charge in [0.2, 0.25) is 5.75 Å². The molecular weight excluding hydrogens is 332 g/mol. The van der Waals surface area contributed by atoms with Gasteiger partial charge in [0, 0.05) is 13.0 Å². The van der Waals surface area contributed by atoms with Crippen molar-refractivity contribution in [2.75, 3.05) is 21.3 Å². The number of hydrogen-bond acceptors (Lipinski definition) is 6. The minimum absolute atomic E-state index is 0.458. The van der Waals surface area contributed by atoms with Crippen molar-refractivity contribution in [3.8, 4) is 23.3 Å². The molecule has 0 aliphatic carbocycles. The van der Waals surface area contributed by atoms with E-state index in [4.69, 9.17) is 14.2 Å². The molecule has 0 fully saturated rings. The number of benzene rings is 1. The highest BCUT2D eigenvalue weighted by atomic mass is 16.5. The van der Waals surface area contributed by atoms with E-state index < -0.39 is 0 Å². The van der Waals surface area contributed by atoms with E-state index in [1.807, 2.05) is 0 Å². The molecule has 1 aliphatic heterocycles. The van der Waals surface area contributed by atoms with Crippen LogP contribution in [-0.2, 0) is 13.0 Å². The van der Waals surface area contributed by atoms with Crippen molar-refractivity contribution in [2.24, 2.45) is 0 Å². The van der Waals surface area contributed by atoms with Crippen molar-refractivity contribution in [1.29, 1.82) is 5.26 Å². The second-order valence-electron chi connectivity index (χ2n) is 6.03. The van der Waals surface area contributed by atoms with Crippen molar-refractivity contribution in [1.82, 2.24) is 14.8 Å². The molecule has 0 saturated heterocycles. The maximum Gasteiger partial charge on any atom is 0.203 e. The van der Waals surface area contributed by atoms with Gasteiger partial charge in [-0.15, -0.1) is 10.2 Å². The molecule has 0 unspecified atom stereocenters. The van der Waals surface area contributed by atoms with Crippen LogP contribution in [0.15, 0.2) is 12.1 Å². The molecule has 0 spiro atoms. The Hall–Kier alpha value is -3.01. The zero-order valence-electron chi connectivity index (χ0n) is 15.3. The van der Waals surface area contributed by atoms with Gasteiger partial charge in [0.15, 0.2) is 17.3 Å². The van der Waals surface area contributed by atoms with Crippen LogP contribution in [0.1, 0.15) is 36.5 Å². The summed E-state index contributed by atoms with van der Waals surface area (Å²) in [5.41, 5.74) is 1.22. The fraction of sp³-hybridized carbons (Fsp3) is 0.421. The molecule has 1 aromatic carbocycles. The van der Waals surface area contributed by atoms with Crippen LogP contribution in [0.3, 0.4) is 0 Å². The molecule has 136 valence electrons. The summed E-state index contributed by atoms with van der Waals surface area (Å²) in [6.45, 7) is 0.839. The zero-order valence-corrected chi connectivity index (χ0v) is 15.3. The Balaban J connectivity index is 2.06. The lowest BCUT2D eigenvalue weighted by molar-refractivity contribution is 0.324. The third-order valence-corrected chi connectivity index (χ3v) is 4.47. The maximum absolute atomic E-state index is 9.70. The monoisotopic (exact) mass is 354 g/mol. The Morgan fingerprint density at radius 2 is 1.81 bits per heavy atom. The van der Waals surface area contributed by atoms with E-state index >= 15 is 0 Å². The first kappa shape index (κ1) is 17.8. The SMILES string of the molecule is COc1cc(C=C(C#N)c2nnc3n2CCCCC3)cc(OC)c1OC. The molecule has 0 bridgehead atoms. The number of aromatic nitrogens is 3. The highest BCUT2D eigenvalue weighted by Gasteiger charge is 2.18. The summed E-state index contributed by atoms with van der Waals surface area (Å²) in [6, 6.07) is 5.86. The quantitative estimate of drug-likeness (QED) is 0.768. The second-order valence-corrected chi connectivity index (χ2v) is 6.03. The largest absolute Gasteiger partial charge is 0.493 e. The molecule has 2 aromatic rings. The van der Waals surface area contributed by atoms with Gasteiger partial charge in [-0.1, -0.05) is 6.42 Å². The summed E-state index contributed by atoms with van der Waals surface area (Å²) in [5.74, 6) is 3.15. The number of fused-ring (bicyclic) bond motifs is 1. The number of methoxy groups -OCH3 is 3. The van der Waals surface area contributed by atoms with E-state index in [-0.39, 0.29) is 0 Å². The zero-order chi connectivity index (χ0) is 18.5. The van der Waals surface area contributed by atoms with Crippen LogP contribution < -0.4 is 14.2 Å². The van der Waals surface area contributed by atoms with Crippen LogP contribution >= 0.6 is 0 Å². The van der Waals surface area contributed by atoms with Crippen LogP contribution in [0.4, 0.5) is 0 Å². The molecule has 2 heterocycles. The molecule has 3 rings (SSSR count). The van der Waals surface area contributed by atoms with Gasteiger partial charge in [-0.05, 0) is 36.6 Å². The normalized spacial score (nSPS) is 14.2. The number of allylic oxidation sites excluding steroid dienone is 1. The summed E-state index contributed by atoms with van der Waals surface area (Å²) in [4.78, 5) is 0. The second kappa shape index (κ2) is 7.91. The van der Waals surface area contributed by atoms with Gasteiger partial charge in [-0.25, -0.2) is 0 Å². The van der Waals surface area contributed by atoms with Crippen molar-refractivity contribution >= 4 is 11.6 Å². The molecule has 1 aromatic heterocycles. The molecule has 0 amide bonds. The molecule has 7 heteroatoms. The average Bonchev–Trinajstić information content (AvgIpc) is 2.92. The van der Waals surface area contributed by atoms with E-state index in [0.29, 0.717) is 28.6 Å². The van der Waals surface area contributed by atoms with Crippen molar-refractivity contribution in [2.45, 2.75) is 32.2 Å². The van der Waals surface area contributed by atoms with E-state index in [0.717, 1.165) is 37.2 Å². The Kier molecular flexibility index (Phi) is 5.42. The Morgan fingerprint density at radius 3 is 2.42 bits per heavy atom. The van der Waals surface area contributed by atoms with Crippen LogP contribution in [0.2, 0.25) is 0 Å². The lowest BCUT2D eigenvalue weighted by Crippen LogP contribution is -2.05. The minimum atomic E-state index is 0.458. The van der Waals surface area contributed by atoms with Crippen LogP contribution in [0.5, 0.6) is 17.2 Å². The standard InChI is InChI=1S/C19H22N4O3/c1-24-15-10-13(11-16(25-2)18(15)26-3)9-14(12-20)19-22-21-17-7-5-4-6-8-23(17)19/h9-11H,4-8H2,1-3H3. The molecule has 7 nitrogen and oxygen atoms in total. The van der Waals surface area contributed by atoms with Gasteiger partial charge in [0.1, 0.15) is 11.9 Å². The predicted octanol–water partition coefficient (Wildman–Crippen LogP) is 3.09. The number of ether oxygens (including phenoxy) is 3. The van der Waals surface area contributed by atoms with Crippen molar-refractivity contribution in [3.05, 3.63) is 29.3 Å². The van der Waals surface area contributed by atoms with Crippen molar-refractivity contribution in [3.63, 3.8) is 0 Å². The van der Waals surface area contributed by atoms with Gasteiger partial charge in [-0.3, -0.25) is 0 Å². The number of nitriles is 1. The highest BCUT2D eigenvalue weighted by Crippen LogP contribution is 2.39. The first-order valence-corrected chi connectivity index (χ1v) is 8.56. The number of nitrogens with zero attached hydrogens (tertiary/aromatic N) is 4. The van der Waals surface area contributed by atoms with E-state index in [2.05, 4.69) is 20.8 Å². The van der Waals surface area contributed by atoms with E-state index in [9.17, 15) is 5.26 Å². The fourth-order valence-electron chi connectivity index (χ4n) is 3.18. The van der Waals surface area contributed by atoms with E-state index in [1.54, 1.807) is 39.5 Å². The maximum atomic E-state index is 9.70. The van der Waals surface area contributed by atoms with Crippen LogP contribution in [0, 0.1) is 11.3 Å². The molecule has 26 heavy (non-hydrogen) atoms. The summed E-state index contributed by atoms with van der Waals surface area (Å²) < 4.78 is 18.2. The highest BCUT2D eigenvalue weighted by molar-refractivity contribution is 5.88. The molecule has 0 N–H and O–H groups in total. The number of rotatable bonds is 5. The lowest BCUT2D eigenvalue weighted by atomic mass is 10.1. The summed E-state index contributed by atoms with van der Waals surface area (Å²) in [6.07, 6.45) is 6.02. The lowest BCUT2D eigenvalue weighted by Gasteiger charge is -2.13. The van der Waals surface area contributed by atoms with Gasteiger partial charge < -0.3 is 18.8 Å². The third-order valence-electron chi connectivity index (χ3n) is 4.47. The summed E-state index contributed by atoms with van der Waals surface area (Å²) in [7, 11) is 4.69. The number of hydrogen-bond donors (Lipinski definition) is 0. The molecule has 1 aliphatic rings. The number of aryl methyl sites for hydroxylation is 1. The topological polar surface area (TPSA) is 82.2 Å². The molecular formula is C19H22N4O3. The van der Waals surface area contributed by atoms with Gasteiger partial charge in [0.25, 0.3) is 0 Å². The van der Waals surface area contributed by atoms with Crippen LogP contribution in [0.25, 0.3) is 11.6 Å². The smallest absolute Gasteiger partial charge is 0.203 e. The summed E-state index contributed by atoms with van der Waals surface area (Å²) >= 11 is 0. The first-order valence-electron chi connectivity index (χ1n) is 8.56. The molecule has 0 atom stereocenters.